The lowest BCUT2D eigenvalue weighted by molar-refractivity contribution is -0.0143. The lowest BCUT2D eigenvalue weighted by Crippen LogP contribution is -2.27. The summed E-state index contributed by atoms with van der Waals surface area (Å²) >= 11 is 0. The predicted molar refractivity (Wildman–Crippen MR) is 152 cm³/mol. The molecule has 0 aliphatic rings. The first-order valence-corrected chi connectivity index (χ1v) is 17.7. The van der Waals surface area contributed by atoms with Crippen LogP contribution in [0.4, 0.5) is 0 Å². The maximum Gasteiger partial charge on any atom is 0.183 e. The van der Waals surface area contributed by atoms with Crippen LogP contribution in [0.1, 0.15) is 51.0 Å². The van der Waals surface area contributed by atoms with Gasteiger partial charge in [0.25, 0.3) is 0 Å². The van der Waals surface area contributed by atoms with Gasteiger partial charge in [0, 0.05) is 0 Å². The molecule has 1 aromatic rings. The molecule has 0 radical (unpaired) electrons. The standard InChI is InChI=1S/C29H54O7Si/c1-5-6-7-8-9-10-11-28-12-14-29(15-13-28)35-26-24-33-22-20-31-18-16-30-17-19-32-21-23-34-25-27-36-37(2,3)4/h12-15H,5-11,16-27H2,1-4H3. The van der Waals surface area contributed by atoms with E-state index in [-0.39, 0.29) is 0 Å². The highest BCUT2D eigenvalue weighted by atomic mass is 28.4. The fourth-order valence-electron chi connectivity index (χ4n) is 3.47. The number of unbranched alkanes of at least 4 members (excludes halogenated alkanes) is 5. The second-order valence-electron chi connectivity index (χ2n) is 10.0. The summed E-state index contributed by atoms with van der Waals surface area (Å²) in [6, 6.07) is 8.46. The number of hydrogen-bond donors (Lipinski definition) is 0. The van der Waals surface area contributed by atoms with Crippen molar-refractivity contribution in [1.29, 1.82) is 0 Å². The van der Waals surface area contributed by atoms with Crippen molar-refractivity contribution in [2.24, 2.45) is 0 Å². The molecule has 0 fully saturated rings. The fraction of sp³-hybridized carbons (Fsp3) is 0.793. The number of rotatable bonds is 27. The summed E-state index contributed by atoms with van der Waals surface area (Å²) in [5.41, 5.74) is 1.39. The van der Waals surface area contributed by atoms with Gasteiger partial charge in [-0.2, -0.15) is 0 Å². The van der Waals surface area contributed by atoms with Gasteiger partial charge in [-0.3, -0.25) is 0 Å². The van der Waals surface area contributed by atoms with E-state index in [0.29, 0.717) is 79.3 Å². The highest BCUT2D eigenvalue weighted by molar-refractivity contribution is 6.69. The van der Waals surface area contributed by atoms with Crippen LogP contribution >= 0.6 is 0 Å². The van der Waals surface area contributed by atoms with Crippen molar-refractivity contribution in [3.8, 4) is 5.75 Å². The summed E-state index contributed by atoms with van der Waals surface area (Å²) in [5, 5.41) is 0. The molecule has 0 atom stereocenters. The van der Waals surface area contributed by atoms with Gasteiger partial charge in [0.15, 0.2) is 8.32 Å². The summed E-state index contributed by atoms with van der Waals surface area (Å²) in [6.45, 7) is 15.6. The second kappa shape index (κ2) is 24.1. The van der Waals surface area contributed by atoms with E-state index in [2.05, 4.69) is 50.8 Å². The summed E-state index contributed by atoms with van der Waals surface area (Å²) in [7, 11) is -1.44. The maximum absolute atomic E-state index is 5.76. The van der Waals surface area contributed by atoms with Crippen molar-refractivity contribution >= 4 is 8.32 Å². The molecule has 0 spiro atoms. The zero-order valence-corrected chi connectivity index (χ0v) is 25.1. The highest BCUT2D eigenvalue weighted by Gasteiger charge is 2.13. The Morgan fingerprint density at radius 2 is 0.946 bits per heavy atom. The van der Waals surface area contributed by atoms with Crippen molar-refractivity contribution in [2.75, 3.05) is 79.3 Å². The summed E-state index contributed by atoms with van der Waals surface area (Å²) in [5.74, 6) is 0.896. The van der Waals surface area contributed by atoms with Gasteiger partial charge in [-0.15, -0.1) is 0 Å². The van der Waals surface area contributed by atoms with E-state index in [1.54, 1.807) is 0 Å². The maximum atomic E-state index is 5.76. The van der Waals surface area contributed by atoms with Crippen molar-refractivity contribution in [2.45, 2.75) is 71.5 Å². The molecule has 0 aromatic heterocycles. The van der Waals surface area contributed by atoms with Crippen molar-refractivity contribution in [1.82, 2.24) is 0 Å². The topological polar surface area (TPSA) is 64.6 Å². The van der Waals surface area contributed by atoms with Crippen LogP contribution in [0.3, 0.4) is 0 Å². The lowest BCUT2D eigenvalue weighted by Gasteiger charge is -2.16. The normalized spacial score (nSPS) is 11.8. The van der Waals surface area contributed by atoms with Gasteiger partial charge in [-0.05, 0) is 50.2 Å². The van der Waals surface area contributed by atoms with E-state index in [1.807, 2.05) is 0 Å². The molecular formula is C29H54O7Si. The van der Waals surface area contributed by atoms with E-state index in [1.165, 1.54) is 44.1 Å². The van der Waals surface area contributed by atoms with Crippen LogP contribution in [0.2, 0.25) is 19.6 Å². The molecule has 0 N–H and O–H groups in total. The Morgan fingerprint density at radius 3 is 1.43 bits per heavy atom. The van der Waals surface area contributed by atoms with Crippen LogP contribution in [0.15, 0.2) is 24.3 Å². The Bertz CT molecular complexity index is 607. The molecule has 0 unspecified atom stereocenters. The smallest absolute Gasteiger partial charge is 0.183 e. The Labute approximate surface area is 227 Å². The monoisotopic (exact) mass is 542 g/mol. The fourth-order valence-corrected chi connectivity index (χ4v) is 4.16. The van der Waals surface area contributed by atoms with Gasteiger partial charge in [0.05, 0.1) is 72.7 Å². The average molecular weight is 543 g/mol. The Hall–Kier alpha value is -1.00. The number of hydrogen-bond acceptors (Lipinski definition) is 7. The Kier molecular flexibility index (Phi) is 22.1. The molecule has 0 aliphatic heterocycles. The molecule has 0 heterocycles. The lowest BCUT2D eigenvalue weighted by atomic mass is 10.0. The average Bonchev–Trinajstić information content (AvgIpc) is 2.87. The third-order valence-electron chi connectivity index (χ3n) is 5.49. The number of ether oxygens (including phenoxy) is 6. The third-order valence-corrected chi connectivity index (χ3v) is 6.56. The van der Waals surface area contributed by atoms with Crippen LogP contribution in [-0.4, -0.2) is 87.6 Å². The van der Waals surface area contributed by atoms with Crippen molar-refractivity contribution in [3.63, 3.8) is 0 Å². The third kappa shape index (κ3) is 23.8. The molecule has 0 amide bonds. The van der Waals surface area contributed by atoms with Crippen LogP contribution in [0.25, 0.3) is 0 Å². The highest BCUT2D eigenvalue weighted by Crippen LogP contribution is 2.15. The molecule has 1 rings (SSSR count). The first-order valence-electron chi connectivity index (χ1n) is 14.3. The van der Waals surface area contributed by atoms with Crippen molar-refractivity contribution < 1.29 is 32.8 Å². The second-order valence-corrected chi connectivity index (χ2v) is 14.5. The van der Waals surface area contributed by atoms with E-state index in [9.17, 15) is 0 Å². The minimum Gasteiger partial charge on any atom is -0.491 e. The molecular weight excluding hydrogens is 488 g/mol. The minimum atomic E-state index is -1.44. The van der Waals surface area contributed by atoms with Crippen LogP contribution < -0.4 is 4.74 Å². The predicted octanol–water partition coefficient (Wildman–Crippen LogP) is 5.90. The van der Waals surface area contributed by atoms with Gasteiger partial charge < -0.3 is 32.8 Å². The van der Waals surface area contributed by atoms with Gasteiger partial charge in [0.1, 0.15) is 12.4 Å². The molecule has 1 aromatic carbocycles. The largest absolute Gasteiger partial charge is 0.491 e. The van der Waals surface area contributed by atoms with Crippen molar-refractivity contribution in [3.05, 3.63) is 29.8 Å². The summed E-state index contributed by atoms with van der Waals surface area (Å²) in [6.07, 6.45) is 9.15. The molecule has 216 valence electrons. The quantitative estimate of drug-likeness (QED) is 0.101. The number of aryl methyl sites for hydroxylation is 1. The molecule has 7 nitrogen and oxygen atoms in total. The molecule has 37 heavy (non-hydrogen) atoms. The summed E-state index contributed by atoms with van der Waals surface area (Å²) < 4.78 is 39.0. The molecule has 8 heteroatoms. The van der Waals surface area contributed by atoms with Gasteiger partial charge in [-0.25, -0.2) is 0 Å². The van der Waals surface area contributed by atoms with E-state index >= 15 is 0 Å². The van der Waals surface area contributed by atoms with Gasteiger partial charge >= 0.3 is 0 Å². The Morgan fingerprint density at radius 1 is 0.514 bits per heavy atom. The molecule has 0 saturated carbocycles. The number of benzene rings is 1. The van der Waals surface area contributed by atoms with Crippen LogP contribution in [0.5, 0.6) is 5.75 Å². The van der Waals surface area contributed by atoms with E-state index in [4.69, 9.17) is 32.8 Å². The van der Waals surface area contributed by atoms with Gasteiger partial charge in [0.2, 0.25) is 0 Å². The van der Waals surface area contributed by atoms with E-state index in [0.717, 1.165) is 12.2 Å². The summed E-state index contributed by atoms with van der Waals surface area (Å²) in [4.78, 5) is 0. The zero-order chi connectivity index (χ0) is 26.9. The molecule has 0 aliphatic carbocycles. The van der Waals surface area contributed by atoms with Crippen LogP contribution in [-0.2, 0) is 34.5 Å². The van der Waals surface area contributed by atoms with E-state index < -0.39 is 8.32 Å². The SMILES string of the molecule is CCCCCCCCc1ccc(OCCOCCOCCOCCOCCOCCO[Si](C)(C)C)cc1. The first-order chi connectivity index (χ1) is 18.0. The van der Waals surface area contributed by atoms with Crippen LogP contribution in [0, 0.1) is 0 Å². The molecule has 0 bridgehead atoms. The minimum absolute atomic E-state index is 0.539. The zero-order valence-electron chi connectivity index (χ0n) is 24.1. The Balaban J connectivity index is 1.79. The van der Waals surface area contributed by atoms with Gasteiger partial charge in [-0.1, -0.05) is 51.2 Å². The first kappa shape index (κ1) is 34.0. The molecule has 0 saturated heterocycles.